The van der Waals surface area contributed by atoms with Crippen LogP contribution in [0.4, 0.5) is 17.6 Å². The first-order valence-electron chi connectivity index (χ1n) is 10.3. The topological polar surface area (TPSA) is 13.1 Å². The number of benzene rings is 1. The molecule has 0 saturated heterocycles. The Morgan fingerprint density at radius 1 is 1.10 bits per heavy atom. The van der Waals surface area contributed by atoms with Crippen LogP contribution in [0.2, 0.25) is 0 Å². The molecule has 1 aromatic carbocycles. The maximum absolute atomic E-state index is 14.1. The summed E-state index contributed by atoms with van der Waals surface area (Å²) in [4.78, 5) is 0. The van der Waals surface area contributed by atoms with E-state index in [0.717, 1.165) is 49.5 Å². The van der Waals surface area contributed by atoms with Crippen LogP contribution in [0.3, 0.4) is 0 Å². The highest BCUT2D eigenvalue weighted by atomic mass is 19.3. The lowest BCUT2D eigenvalue weighted by Crippen LogP contribution is -2.13. The molecule has 5 heteroatoms. The third kappa shape index (κ3) is 5.13. The van der Waals surface area contributed by atoms with Gasteiger partial charge in [0, 0.05) is 5.56 Å². The van der Waals surface area contributed by atoms with Gasteiger partial charge >= 0.3 is 0 Å². The Hall–Kier alpha value is -2.56. The predicted octanol–water partition coefficient (Wildman–Crippen LogP) is 8.05. The number of rotatable bonds is 9. The minimum atomic E-state index is -3.58. The Balaban J connectivity index is 1.50. The normalized spacial score (nSPS) is 14.4. The molecule has 0 aliphatic heterocycles. The van der Waals surface area contributed by atoms with Crippen molar-refractivity contribution in [1.29, 1.82) is 0 Å². The minimum absolute atomic E-state index is 0.130. The standard InChI is InChI=1S/C25H26F4O/c1-3-25(28,29)22-16-23(26)20(15-24(22)27)10-6-4-5-8-18-9-7-11-19(14-18)21-12-13-30-17(21)2/h3,9,12-16H,1,4-8,10-11H2,2H3. The molecule has 2 aromatic rings. The van der Waals surface area contributed by atoms with Gasteiger partial charge in [-0.3, -0.25) is 0 Å². The van der Waals surface area contributed by atoms with E-state index in [0.29, 0.717) is 25.0 Å². The Bertz CT molecular complexity index is 966. The van der Waals surface area contributed by atoms with E-state index in [-0.39, 0.29) is 5.56 Å². The largest absolute Gasteiger partial charge is 0.469 e. The van der Waals surface area contributed by atoms with Gasteiger partial charge in [-0.1, -0.05) is 30.7 Å². The van der Waals surface area contributed by atoms with Gasteiger partial charge in [0.1, 0.15) is 17.4 Å². The number of allylic oxidation sites excluding steroid dienone is 5. The van der Waals surface area contributed by atoms with Crippen LogP contribution in [0.25, 0.3) is 5.57 Å². The minimum Gasteiger partial charge on any atom is -0.469 e. The van der Waals surface area contributed by atoms with Crippen molar-refractivity contribution in [1.82, 2.24) is 0 Å². The molecule has 0 amide bonds. The van der Waals surface area contributed by atoms with Crippen LogP contribution in [0.15, 0.2) is 59.3 Å². The van der Waals surface area contributed by atoms with E-state index < -0.39 is 23.1 Å². The summed E-state index contributed by atoms with van der Waals surface area (Å²) in [6.45, 7) is 4.94. The molecule has 1 aliphatic carbocycles. The van der Waals surface area contributed by atoms with E-state index in [2.05, 4.69) is 18.7 Å². The zero-order valence-electron chi connectivity index (χ0n) is 17.1. The van der Waals surface area contributed by atoms with Crippen molar-refractivity contribution in [3.05, 3.63) is 88.9 Å². The first-order chi connectivity index (χ1) is 14.3. The highest BCUT2D eigenvalue weighted by Gasteiger charge is 2.31. The van der Waals surface area contributed by atoms with Gasteiger partial charge in [0.15, 0.2) is 0 Å². The zero-order chi connectivity index (χ0) is 21.7. The second kappa shape index (κ2) is 9.50. The molecule has 0 spiro atoms. The smallest absolute Gasteiger partial charge is 0.294 e. The fourth-order valence-corrected chi connectivity index (χ4v) is 3.84. The number of hydrogen-bond acceptors (Lipinski definition) is 1. The molecular weight excluding hydrogens is 392 g/mol. The maximum atomic E-state index is 14.1. The predicted molar refractivity (Wildman–Crippen MR) is 111 cm³/mol. The molecule has 1 aromatic heterocycles. The van der Waals surface area contributed by atoms with Gasteiger partial charge in [-0.2, -0.15) is 8.78 Å². The molecule has 0 unspecified atom stereocenters. The van der Waals surface area contributed by atoms with Crippen LogP contribution >= 0.6 is 0 Å². The Morgan fingerprint density at radius 2 is 1.87 bits per heavy atom. The summed E-state index contributed by atoms with van der Waals surface area (Å²) in [5.41, 5.74) is 2.88. The van der Waals surface area contributed by atoms with Gasteiger partial charge in [0.2, 0.25) is 0 Å². The van der Waals surface area contributed by atoms with Gasteiger partial charge in [-0.25, -0.2) is 8.78 Å². The fraction of sp³-hybridized carbons (Fsp3) is 0.360. The van der Waals surface area contributed by atoms with E-state index in [1.807, 2.05) is 13.0 Å². The highest BCUT2D eigenvalue weighted by molar-refractivity contribution is 5.70. The average molecular weight is 418 g/mol. The first kappa shape index (κ1) is 22.1. The van der Waals surface area contributed by atoms with Crippen LogP contribution < -0.4 is 0 Å². The highest BCUT2D eigenvalue weighted by Crippen LogP contribution is 2.33. The third-order valence-electron chi connectivity index (χ3n) is 5.55. The van der Waals surface area contributed by atoms with Crippen LogP contribution in [-0.2, 0) is 12.3 Å². The molecule has 0 saturated carbocycles. The molecule has 0 N–H and O–H groups in total. The Labute approximate surface area is 174 Å². The summed E-state index contributed by atoms with van der Waals surface area (Å²) in [6, 6.07) is 3.46. The fourth-order valence-electron chi connectivity index (χ4n) is 3.84. The lowest BCUT2D eigenvalue weighted by molar-refractivity contribution is 0.0480. The quantitative estimate of drug-likeness (QED) is 0.228. The molecule has 0 bridgehead atoms. The van der Waals surface area contributed by atoms with E-state index in [9.17, 15) is 17.6 Å². The molecular formula is C25H26F4O. The van der Waals surface area contributed by atoms with Crippen LogP contribution in [-0.4, -0.2) is 0 Å². The van der Waals surface area contributed by atoms with Crippen molar-refractivity contribution in [2.24, 2.45) is 0 Å². The second-order valence-electron chi connectivity index (χ2n) is 7.69. The van der Waals surface area contributed by atoms with E-state index in [1.165, 1.54) is 11.1 Å². The van der Waals surface area contributed by atoms with E-state index >= 15 is 0 Å². The lowest BCUT2D eigenvalue weighted by Gasteiger charge is -2.15. The van der Waals surface area contributed by atoms with Gasteiger partial charge in [-0.15, -0.1) is 0 Å². The number of alkyl halides is 2. The number of aryl methyl sites for hydroxylation is 2. The van der Waals surface area contributed by atoms with Gasteiger partial charge < -0.3 is 4.42 Å². The number of hydrogen-bond donors (Lipinski definition) is 0. The Kier molecular flexibility index (Phi) is 7.01. The third-order valence-corrected chi connectivity index (χ3v) is 5.55. The summed E-state index contributed by atoms with van der Waals surface area (Å²) < 4.78 is 60.7. The summed E-state index contributed by atoms with van der Waals surface area (Å²) in [5, 5.41) is 0. The average Bonchev–Trinajstić information content (AvgIpc) is 3.16. The van der Waals surface area contributed by atoms with Crippen molar-refractivity contribution in [2.75, 3.05) is 0 Å². The van der Waals surface area contributed by atoms with Crippen molar-refractivity contribution < 1.29 is 22.0 Å². The SMILES string of the molecule is C=CC(F)(F)c1cc(F)c(CCCCCC2=CCCC(c3ccoc3C)=C2)cc1F. The second-order valence-corrected chi connectivity index (χ2v) is 7.69. The molecule has 30 heavy (non-hydrogen) atoms. The van der Waals surface area contributed by atoms with Crippen molar-refractivity contribution in [3.8, 4) is 0 Å². The first-order valence-corrected chi connectivity index (χ1v) is 10.3. The van der Waals surface area contributed by atoms with Crippen LogP contribution in [0.5, 0.6) is 0 Å². The lowest BCUT2D eigenvalue weighted by atomic mass is 9.91. The van der Waals surface area contributed by atoms with Crippen LogP contribution in [0.1, 0.15) is 61.0 Å². The zero-order valence-corrected chi connectivity index (χ0v) is 17.1. The molecule has 1 nitrogen and oxygen atoms in total. The van der Waals surface area contributed by atoms with Gasteiger partial charge in [-0.05, 0) is 80.9 Å². The van der Waals surface area contributed by atoms with E-state index in [1.54, 1.807) is 6.26 Å². The van der Waals surface area contributed by atoms with Crippen molar-refractivity contribution in [3.63, 3.8) is 0 Å². The number of unbranched alkanes of at least 4 members (excludes halogenated alkanes) is 2. The summed E-state index contributed by atoms with van der Waals surface area (Å²) in [5.74, 6) is -4.56. The summed E-state index contributed by atoms with van der Waals surface area (Å²) >= 11 is 0. The Morgan fingerprint density at radius 3 is 2.57 bits per heavy atom. The molecule has 0 fully saturated rings. The number of furan rings is 1. The molecule has 1 heterocycles. The maximum Gasteiger partial charge on any atom is 0.294 e. The summed E-state index contributed by atoms with van der Waals surface area (Å²) in [6.07, 6.45) is 12.1. The monoisotopic (exact) mass is 418 g/mol. The molecule has 3 rings (SSSR count). The van der Waals surface area contributed by atoms with Crippen LogP contribution in [0, 0.1) is 18.6 Å². The summed E-state index contributed by atoms with van der Waals surface area (Å²) in [7, 11) is 0. The van der Waals surface area contributed by atoms with Gasteiger partial charge in [0.25, 0.3) is 5.92 Å². The molecule has 0 radical (unpaired) electrons. The van der Waals surface area contributed by atoms with E-state index in [4.69, 9.17) is 4.42 Å². The molecule has 1 aliphatic rings. The molecule has 160 valence electrons. The van der Waals surface area contributed by atoms with Gasteiger partial charge in [0.05, 0.1) is 11.8 Å². The molecule has 0 atom stereocenters. The van der Waals surface area contributed by atoms with Crippen molar-refractivity contribution >= 4 is 5.57 Å². The number of halogens is 4. The van der Waals surface area contributed by atoms with Crippen molar-refractivity contribution in [2.45, 2.75) is 57.8 Å².